The fourth-order valence-corrected chi connectivity index (χ4v) is 5.29. The highest BCUT2D eigenvalue weighted by atomic mass is 35.5. The molecule has 1 N–H and O–H groups in total. The van der Waals surface area contributed by atoms with E-state index in [4.69, 9.17) is 11.6 Å². The number of carbonyl (C=O) groups excluding carboxylic acids is 2. The molecule has 9 heteroatoms. The molecular weight excluding hydrogens is 494 g/mol. The molecule has 4 rings (SSSR count). The van der Waals surface area contributed by atoms with Gasteiger partial charge < -0.3 is 15.1 Å². The maximum atomic E-state index is 12.9. The lowest BCUT2D eigenvalue weighted by molar-refractivity contribution is -0.131. The summed E-state index contributed by atoms with van der Waals surface area (Å²) in [6.45, 7) is 5.58. The molecule has 0 aliphatic carbocycles. The lowest BCUT2D eigenvalue weighted by atomic mass is 9.99. The Morgan fingerprint density at radius 1 is 1.08 bits per heavy atom. The smallest absolute Gasteiger partial charge is 0.230 e. The van der Waals surface area contributed by atoms with E-state index in [2.05, 4.69) is 32.3 Å². The molecule has 2 amide bonds. The Balaban J connectivity index is 1.40. The molecule has 1 fully saturated rings. The van der Waals surface area contributed by atoms with Crippen LogP contribution in [0.25, 0.3) is 0 Å². The molecule has 0 saturated carbocycles. The summed E-state index contributed by atoms with van der Waals surface area (Å²) in [7, 11) is 0. The summed E-state index contributed by atoms with van der Waals surface area (Å²) in [5, 5.41) is 3.95. The van der Waals surface area contributed by atoms with Gasteiger partial charge in [0.25, 0.3) is 0 Å². The predicted octanol–water partition coefficient (Wildman–Crippen LogP) is 4.38. The fraction of sp³-hybridized carbons (Fsp3) is 0.333. The number of benzene rings is 2. The minimum absolute atomic E-state index is 0.0752. The van der Waals surface area contributed by atoms with Gasteiger partial charge >= 0.3 is 0 Å². The molecule has 1 aromatic heterocycles. The standard InChI is InChI=1S/C27H30ClN5O2S/c1-19-17-32(13-14-33(19)20(2)34)25-16-24(28)30-27(31-25)36-18-26(35)29-23(22-11-7-4-8-12-22)15-21-9-5-3-6-10-21/h3-12,16,19,23H,13-15,17-18H2,1-2H3,(H,29,35). The third-order valence-electron chi connectivity index (χ3n) is 6.17. The summed E-state index contributed by atoms with van der Waals surface area (Å²) in [5.74, 6) is 0.857. The average molecular weight is 524 g/mol. The summed E-state index contributed by atoms with van der Waals surface area (Å²) in [6, 6.07) is 21.8. The van der Waals surface area contributed by atoms with Crippen LogP contribution in [0, 0.1) is 0 Å². The van der Waals surface area contributed by atoms with E-state index >= 15 is 0 Å². The molecule has 0 radical (unpaired) electrons. The van der Waals surface area contributed by atoms with Crippen LogP contribution in [0.4, 0.5) is 5.82 Å². The van der Waals surface area contributed by atoms with E-state index in [0.29, 0.717) is 42.2 Å². The third kappa shape index (κ3) is 6.98. The van der Waals surface area contributed by atoms with Crippen molar-refractivity contribution in [2.45, 2.75) is 37.5 Å². The van der Waals surface area contributed by atoms with Crippen LogP contribution in [-0.2, 0) is 16.0 Å². The van der Waals surface area contributed by atoms with E-state index in [9.17, 15) is 9.59 Å². The third-order valence-corrected chi connectivity index (χ3v) is 7.21. The number of rotatable bonds is 8. The number of carbonyl (C=O) groups is 2. The Morgan fingerprint density at radius 3 is 2.44 bits per heavy atom. The molecule has 2 atom stereocenters. The number of nitrogens with one attached hydrogen (secondary N) is 1. The van der Waals surface area contributed by atoms with Crippen LogP contribution in [0.3, 0.4) is 0 Å². The van der Waals surface area contributed by atoms with E-state index in [1.807, 2.05) is 60.4 Å². The van der Waals surface area contributed by atoms with Gasteiger partial charge in [0.1, 0.15) is 11.0 Å². The molecular formula is C27H30ClN5O2S. The van der Waals surface area contributed by atoms with Crippen molar-refractivity contribution in [1.82, 2.24) is 20.2 Å². The number of aromatic nitrogens is 2. The van der Waals surface area contributed by atoms with Gasteiger partial charge in [-0.05, 0) is 24.5 Å². The Bertz CT molecular complexity index is 1180. The lowest BCUT2D eigenvalue weighted by Gasteiger charge is -2.40. The zero-order valence-corrected chi connectivity index (χ0v) is 22.0. The molecule has 2 aromatic carbocycles. The summed E-state index contributed by atoms with van der Waals surface area (Å²) in [4.78, 5) is 37.7. The Hall–Kier alpha value is -3.10. The second kappa shape index (κ2) is 12.2. The number of hydrogen-bond donors (Lipinski definition) is 1. The average Bonchev–Trinajstić information content (AvgIpc) is 2.87. The first kappa shape index (κ1) is 26.0. The Labute approximate surface area is 221 Å². The first-order valence-corrected chi connectivity index (χ1v) is 13.3. The van der Waals surface area contributed by atoms with E-state index in [0.717, 1.165) is 11.1 Å². The van der Waals surface area contributed by atoms with Crippen molar-refractivity contribution in [3.8, 4) is 0 Å². The maximum absolute atomic E-state index is 12.9. The van der Waals surface area contributed by atoms with Gasteiger partial charge in [0, 0.05) is 38.7 Å². The van der Waals surface area contributed by atoms with Crippen LogP contribution in [0.15, 0.2) is 71.9 Å². The number of hydrogen-bond acceptors (Lipinski definition) is 6. The molecule has 36 heavy (non-hydrogen) atoms. The summed E-state index contributed by atoms with van der Waals surface area (Å²) < 4.78 is 0. The number of anilines is 1. The zero-order valence-electron chi connectivity index (χ0n) is 20.4. The summed E-state index contributed by atoms with van der Waals surface area (Å²) in [6.07, 6.45) is 0.698. The van der Waals surface area contributed by atoms with Crippen molar-refractivity contribution in [2.75, 3.05) is 30.3 Å². The quantitative estimate of drug-likeness (QED) is 0.268. The number of thioether (sulfide) groups is 1. The van der Waals surface area contributed by atoms with Crippen LogP contribution < -0.4 is 10.2 Å². The summed E-state index contributed by atoms with van der Waals surface area (Å²) in [5.41, 5.74) is 2.21. The largest absolute Gasteiger partial charge is 0.353 e. The molecule has 2 heterocycles. The van der Waals surface area contributed by atoms with E-state index < -0.39 is 0 Å². The second-order valence-corrected chi connectivity index (χ2v) is 10.2. The van der Waals surface area contributed by atoms with Gasteiger partial charge in [0.05, 0.1) is 11.8 Å². The minimum atomic E-state index is -0.142. The number of halogens is 1. The normalized spacial score (nSPS) is 16.5. The van der Waals surface area contributed by atoms with Crippen molar-refractivity contribution in [2.24, 2.45) is 0 Å². The molecule has 188 valence electrons. The van der Waals surface area contributed by atoms with Gasteiger partial charge in [-0.1, -0.05) is 84.0 Å². The minimum Gasteiger partial charge on any atom is -0.353 e. The van der Waals surface area contributed by atoms with Crippen molar-refractivity contribution < 1.29 is 9.59 Å². The summed E-state index contributed by atoms with van der Waals surface area (Å²) >= 11 is 7.56. The van der Waals surface area contributed by atoms with Crippen LogP contribution in [0.5, 0.6) is 0 Å². The van der Waals surface area contributed by atoms with Crippen LogP contribution in [0.2, 0.25) is 5.15 Å². The number of nitrogens with zero attached hydrogens (tertiary/aromatic N) is 4. The Kier molecular flexibility index (Phi) is 8.83. The molecule has 7 nitrogen and oxygen atoms in total. The van der Waals surface area contributed by atoms with Crippen LogP contribution in [-0.4, -0.2) is 58.1 Å². The molecule has 3 aromatic rings. The van der Waals surface area contributed by atoms with Gasteiger partial charge in [-0.2, -0.15) is 0 Å². The highest BCUT2D eigenvalue weighted by Gasteiger charge is 2.26. The van der Waals surface area contributed by atoms with Gasteiger partial charge in [-0.3, -0.25) is 9.59 Å². The predicted molar refractivity (Wildman–Crippen MR) is 144 cm³/mol. The zero-order chi connectivity index (χ0) is 25.5. The van der Waals surface area contributed by atoms with Crippen molar-refractivity contribution in [3.05, 3.63) is 83.0 Å². The van der Waals surface area contributed by atoms with Crippen molar-refractivity contribution >= 4 is 41.0 Å². The van der Waals surface area contributed by atoms with E-state index in [-0.39, 0.29) is 29.7 Å². The van der Waals surface area contributed by atoms with Crippen molar-refractivity contribution in [3.63, 3.8) is 0 Å². The molecule has 1 saturated heterocycles. The number of amides is 2. The van der Waals surface area contributed by atoms with Gasteiger partial charge in [0.15, 0.2) is 5.16 Å². The highest BCUT2D eigenvalue weighted by Crippen LogP contribution is 2.25. The first-order valence-electron chi connectivity index (χ1n) is 12.0. The molecule has 1 aliphatic rings. The second-order valence-electron chi connectivity index (χ2n) is 8.85. The maximum Gasteiger partial charge on any atom is 0.230 e. The molecule has 0 bridgehead atoms. The van der Waals surface area contributed by atoms with Crippen LogP contribution >= 0.6 is 23.4 Å². The lowest BCUT2D eigenvalue weighted by Crippen LogP contribution is -2.53. The SMILES string of the molecule is CC(=O)N1CCN(c2cc(Cl)nc(SCC(=O)NC(Cc3ccccc3)c3ccccc3)n2)CC1C. The van der Waals surface area contributed by atoms with E-state index in [1.54, 1.807) is 13.0 Å². The van der Waals surface area contributed by atoms with Crippen LogP contribution in [0.1, 0.15) is 31.0 Å². The van der Waals surface area contributed by atoms with Gasteiger partial charge in [0.2, 0.25) is 11.8 Å². The topological polar surface area (TPSA) is 78.4 Å². The van der Waals surface area contributed by atoms with E-state index in [1.165, 1.54) is 11.8 Å². The molecule has 1 aliphatic heterocycles. The fourth-order valence-electron chi connectivity index (χ4n) is 4.40. The van der Waals surface area contributed by atoms with Gasteiger partial charge in [-0.25, -0.2) is 9.97 Å². The van der Waals surface area contributed by atoms with Gasteiger partial charge in [-0.15, -0.1) is 0 Å². The number of piperazine rings is 1. The molecule has 2 unspecified atom stereocenters. The monoisotopic (exact) mass is 523 g/mol. The first-order chi connectivity index (χ1) is 17.4. The molecule has 0 spiro atoms. The highest BCUT2D eigenvalue weighted by molar-refractivity contribution is 7.99. The Morgan fingerprint density at radius 2 is 1.78 bits per heavy atom. The van der Waals surface area contributed by atoms with Crippen molar-refractivity contribution in [1.29, 1.82) is 0 Å².